The molecule has 6 heteroatoms. The van der Waals surface area contributed by atoms with Crippen LogP contribution in [-0.2, 0) is 4.74 Å². The highest BCUT2D eigenvalue weighted by Crippen LogP contribution is 2.23. The summed E-state index contributed by atoms with van der Waals surface area (Å²) in [6.45, 7) is 3.73. The van der Waals surface area contributed by atoms with Crippen LogP contribution in [0.5, 0.6) is 0 Å². The van der Waals surface area contributed by atoms with E-state index in [4.69, 9.17) is 4.74 Å². The number of morpholine rings is 1. The Morgan fingerprint density at radius 3 is 2.67 bits per heavy atom. The van der Waals surface area contributed by atoms with Crippen molar-refractivity contribution < 1.29 is 14.6 Å². The normalized spacial score (nSPS) is 16.5. The molecular formula is C18H21N3O3. The van der Waals surface area contributed by atoms with Crippen molar-refractivity contribution in [3.63, 3.8) is 0 Å². The molecule has 3 rings (SSSR count). The van der Waals surface area contributed by atoms with E-state index in [0.717, 1.165) is 13.1 Å². The number of benzene rings is 1. The van der Waals surface area contributed by atoms with Gasteiger partial charge in [-0.05, 0) is 17.7 Å². The van der Waals surface area contributed by atoms with E-state index in [-0.39, 0.29) is 11.6 Å². The number of hydrogen-bond acceptors (Lipinski definition) is 5. The molecule has 1 saturated heterocycles. The van der Waals surface area contributed by atoms with Crippen molar-refractivity contribution in [3.05, 3.63) is 59.8 Å². The average Bonchev–Trinajstić information content (AvgIpc) is 2.64. The number of pyridine rings is 1. The molecule has 1 aliphatic rings. The molecule has 1 aromatic heterocycles. The molecule has 126 valence electrons. The summed E-state index contributed by atoms with van der Waals surface area (Å²) in [5.41, 5.74) is 1.38. The topological polar surface area (TPSA) is 74.7 Å². The van der Waals surface area contributed by atoms with Crippen molar-refractivity contribution in [2.75, 3.05) is 38.2 Å². The van der Waals surface area contributed by atoms with Gasteiger partial charge in [-0.15, -0.1) is 0 Å². The number of hydrogen-bond donors (Lipinski definition) is 2. The minimum atomic E-state index is -0.978. The maximum Gasteiger partial charge on any atom is 0.339 e. The lowest BCUT2D eigenvalue weighted by Crippen LogP contribution is -2.41. The monoisotopic (exact) mass is 327 g/mol. The molecular weight excluding hydrogens is 306 g/mol. The van der Waals surface area contributed by atoms with E-state index in [1.165, 1.54) is 5.56 Å². The summed E-state index contributed by atoms with van der Waals surface area (Å²) >= 11 is 0. The van der Waals surface area contributed by atoms with E-state index in [9.17, 15) is 9.90 Å². The van der Waals surface area contributed by atoms with Gasteiger partial charge in [0.1, 0.15) is 11.4 Å². The fourth-order valence-electron chi connectivity index (χ4n) is 2.93. The van der Waals surface area contributed by atoms with Crippen molar-refractivity contribution in [1.82, 2.24) is 9.88 Å². The molecule has 1 aromatic carbocycles. The first kappa shape index (κ1) is 16.4. The van der Waals surface area contributed by atoms with Crippen LogP contribution in [-0.4, -0.2) is 53.8 Å². The smallest absolute Gasteiger partial charge is 0.339 e. The number of carboxylic acid groups (broad SMARTS) is 1. The number of nitrogens with one attached hydrogen (secondary N) is 1. The first-order chi connectivity index (χ1) is 11.8. The van der Waals surface area contributed by atoms with Crippen LogP contribution in [0.2, 0.25) is 0 Å². The van der Waals surface area contributed by atoms with Gasteiger partial charge in [0.25, 0.3) is 0 Å². The largest absolute Gasteiger partial charge is 0.478 e. The van der Waals surface area contributed by atoms with Crippen LogP contribution in [0, 0.1) is 0 Å². The van der Waals surface area contributed by atoms with Crippen LogP contribution in [0.15, 0.2) is 48.7 Å². The number of carboxylic acids is 1. The molecule has 1 aliphatic heterocycles. The highest BCUT2D eigenvalue weighted by Gasteiger charge is 2.23. The van der Waals surface area contributed by atoms with E-state index in [1.807, 2.05) is 18.2 Å². The molecule has 0 bridgehead atoms. The number of nitrogens with zero attached hydrogens (tertiary/aromatic N) is 2. The highest BCUT2D eigenvalue weighted by molar-refractivity contribution is 5.92. The Hall–Kier alpha value is -2.44. The summed E-state index contributed by atoms with van der Waals surface area (Å²) in [5, 5.41) is 12.5. The summed E-state index contributed by atoms with van der Waals surface area (Å²) in [7, 11) is 0. The minimum Gasteiger partial charge on any atom is -0.478 e. The maximum atomic E-state index is 11.3. The van der Waals surface area contributed by atoms with Gasteiger partial charge in [-0.2, -0.15) is 0 Å². The van der Waals surface area contributed by atoms with E-state index in [1.54, 1.807) is 18.3 Å². The Labute approximate surface area is 141 Å². The summed E-state index contributed by atoms with van der Waals surface area (Å²) in [6, 6.07) is 13.6. The van der Waals surface area contributed by atoms with E-state index in [2.05, 4.69) is 27.3 Å². The standard InChI is InChI=1S/C18H21N3O3/c22-18(23)15-7-4-8-19-17(15)20-13-16(14-5-2-1-3-6-14)21-9-11-24-12-10-21/h1-8,16H,9-13H2,(H,19,20)(H,22,23)/t16-/m1/s1. The van der Waals surface area contributed by atoms with Crippen LogP contribution in [0.4, 0.5) is 5.82 Å². The average molecular weight is 327 g/mol. The van der Waals surface area contributed by atoms with Crippen molar-refractivity contribution >= 4 is 11.8 Å². The Balaban J connectivity index is 1.78. The van der Waals surface area contributed by atoms with Gasteiger partial charge < -0.3 is 15.2 Å². The lowest BCUT2D eigenvalue weighted by atomic mass is 10.0. The van der Waals surface area contributed by atoms with Gasteiger partial charge in [0.2, 0.25) is 0 Å². The highest BCUT2D eigenvalue weighted by atomic mass is 16.5. The Bertz CT molecular complexity index is 672. The first-order valence-electron chi connectivity index (χ1n) is 8.04. The van der Waals surface area contributed by atoms with Gasteiger partial charge in [-0.25, -0.2) is 9.78 Å². The van der Waals surface area contributed by atoms with Gasteiger partial charge in [-0.3, -0.25) is 4.90 Å². The van der Waals surface area contributed by atoms with Crippen LogP contribution in [0.3, 0.4) is 0 Å². The number of aromatic carboxylic acids is 1. The lowest BCUT2D eigenvalue weighted by Gasteiger charge is -2.35. The van der Waals surface area contributed by atoms with Gasteiger partial charge in [0.15, 0.2) is 0 Å². The summed E-state index contributed by atoms with van der Waals surface area (Å²) in [6.07, 6.45) is 1.60. The molecule has 6 nitrogen and oxygen atoms in total. The number of aromatic nitrogens is 1. The molecule has 0 saturated carbocycles. The van der Waals surface area contributed by atoms with E-state index in [0.29, 0.717) is 25.6 Å². The zero-order chi connectivity index (χ0) is 16.8. The second kappa shape index (κ2) is 7.90. The molecule has 0 aliphatic carbocycles. The number of carbonyl (C=O) groups is 1. The Morgan fingerprint density at radius 2 is 1.96 bits per heavy atom. The van der Waals surface area contributed by atoms with E-state index < -0.39 is 5.97 Å². The Morgan fingerprint density at radius 1 is 1.21 bits per heavy atom. The Kier molecular flexibility index (Phi) is 5.40. The molecule has 2 aromatic rings. The van der Waals surface area contributed by atoms with Crippen LogP contribution in [0.25, 0.3) is 0 Å². The molecule has 24 heavy (non-hydrogen) atoms. The number of anilines is 1. The van der Waals surface area contributed by atoms with Gasteiger partial charge in [-0.1, -0.05) is 30.3 Å². The van der Waals surface area contributed by atoms with Crippen LogP contribution in [0.1, 0.15) is 22.0 Å². The van der Waals surface area contributed by atoms with Crippen molar-refractivity contribution in [2.24, 2.45) is 0 Å². The molecule has 2 N–H and O–H groups in total. The predicted octanol–water partition coefficient (Wildman–Crippen LogP) is 2.27. The van der Waals surface area contributed by atoms with Gasteiger partial charge in [0, 0.05) is 25.8 Å². The van der Waals surface area contributed by atoms with Crippen LogP contribution >= 0.6 is 0 Å². The molecule has 1 fully saturated rings. The van der Waals surface area contributed by atoms with Crippen molar-refractivity contribution in [2.45, 2.75) is 6.04 Å². The fourth-order valence-corrected chi connectivity index (χ4v) is 2.93. The zero-order valence-corrected chi connectivity index (χ0v) is 13.4. The summed E-state index contributed by atoms with van der Waals surface area (Å²) in [5.74, 6) is -0.576. The van der Waals surface area contributed by atoms with Gasteiger partial charge in [0.05, 0.1) is 19.3 Å². The summed E-state index contributed by atoms with van der Waals surface area (Å²) < 4.78 is 5.45. The zero-order valence-electron chi connectivity index (χ0n) is 13.4. The third-order valence-electron chi connectivity index (χ3n) is 4.17. The van der Waals surface area contributed by atoms with E-state index >= 15 is 0 Å². The third kappa shape index (κ3) is 3.90. The number of ether oxygens (including phenoxy) is 1. The number of rotatable bonds is 6. The second-order valence-corrected chi connectivity index (χ2v) is 5.66. The van der Waals surface area contributed by atoms with Gasteiger partial charge >= 0.3 is 5.97 Å². The molecule has 2 heterocycles. The first-order valence-corrected chi connectivity index (χ1v) is 8.04. The quantitative estimate of drug-likeness (QED) is 0.848. The molecule has 1 atom stereocenters. The lowest BCUT2D eigenvalue weighted by molar-refractivity contribution is 0.0187. The summed E-state index contributed by atoms with van der Waals surface area (Å²) in [4.78, 5) is 17.9. The molecule has 0 radical (unpaired) electrons. The predicted molar refractivity (Wildman–Crippen MR) is 91.3 cm³/mol. The van der Waals surface area contributed by atoms with Crippen molar-refractivity contribution in [1.29, 1.82) is 0 Å². The molecule has 0 unspecified atom stereocenters. The third-order valence-corrected chi connectivity index (χ3v) is 4.17. The minimum absolute atomic E-state index is 0.138. The second-order valence-electron chi connectivity index (χ2n) is 5.66. The molecule has 0 spiro atoms. The maximum absolute atomic E-state index is 11.3. The SMILES string of the molecule is O=C(O)c1cccnc1NC[C@H](c1ccccc1)N1CCOCC1. The fraction of sp³-hybridized carbons (Fsp3) is 0.333. The molecule has 0 amide bonds. The van der Waals surface area contributed by atoms with Crippen molar-refractivity contribution in [3.8, 4) is 0 Å². The van der Waals surface area contributed by atoms with Crippen LogP contribution < -0.4 is 5.32 Å².